The van der Waals surface area contributed by atoms with Crippen molar-refractivity contribution < 1.29 is 19.2 Å². The maximum atomic E-state index is 11.7. The summed E-state index contributed by atoms with van der Waals surface area (Å²) >= 11 is 0. The summed E-state index contributed by atoms with van der Waals surface area (Å²) in [5.74, 6) is -1.66. The van der Waals surface area contributed by atoms with Gasteiger partial charge in [-0.1, -0.05) is 6.07 Å². The fraction of sp³-hybridized carbons (Fsp3) is 0.385. The molecule has 1 fully saturated rings. The fourth-order valence-electron chi connectivity index (χ4n) is 1.98. The molecule has 0 unspecified atom stereocenters. The third kappa shape index (κ3) is 4.25. The lowest BCUT2D eigenvalue weighted by molar-refractivity contribution is -0.384. The minimum absolute atomic E-state index is 0.0560. The number of hydrogen-bond acceptors (Lipinski definition) is 5. The van der Waals surface area contributed by atoms with Crippen molar-refractivity contribution in [3.8, 4) is 0 Å². The van der Waals surface area contributed by atoms with Crippen molar-refractivity contribution >= 4 is 23.2 Å². The number of nitrogens with zero attached hydrogens (tertiary/aromatic N) is 1. The molecule has 1 saturated heterocycles. The van der Waals surface area contributed by atoms with E-state index in [-0.39, 0.29) is 24.0 Å². The van der Waals surface area contributed by atoms with Crippen LogP contribution < -0.4 is 10.6 Å². The van der Waals surface area contributed by atoms with Gasteiger partial charge in [0.15, 0.2) is 0 Å². The number of nitro groups is 1. The minimum atomic E-state index is -0.867. The van der Waals surface area contributed by atoms with Crippen molar-refractivity contribution in [2.45, 2.75) is 18.9 Å². The Labute approximate surface area is 120 Å². The van der Waals surface area contributed by atoms with Gasteiger partial charge in [0, 0.05) is 31.0 Å². The van der Waals surface area contributed by atoms with E-state index in [0.29, 0.717) is 6.61 Å². The quantitative estimate of drug-likeness (QED) is 0.485. The lowest BCUT2D eigenvalue weighted by Gasteiger charge is -2.10. The first-order valence-electron chi connectivity index (χ1n) is 6.51. The van der Waals surface area contributed by atoms with Gasteiger partial charge in [-0.25, -0.2) is 0 Å². The number of benzene rings is 1. The summed E-state index contributed by atoms with van der Waals surface area (Å²) in [6.45, 7) is 0.946. The Morgan fingerprint density at radius 3 is 2.86 bits per heavy atom. The molecular weight excluding hydrogens is 278 g/mol. The molecule has 2 amide bonds. The summed E-state index contributed by atoms with van der Waals surface area (Å²) in [5, 5.41) is 15.4. The van der Waals surface area contributed by atoms with Gasteiger partial charge in [-0.15, -0.1) is 0 Å². The van der Waals surface area contributed by atoms with E-state index < -0.39 is 16.7 Å². The number of amides is 2. The average molecular weight is 293 g/mol. The number of rotatable bonds is 4. The first kappa shape index (κ1) is 14.9. The number of carbonyl (C=O) groups is 2. The van der Waals surface area contributed by atoms with Crippen LogP contribution in [0.25, 0.3) is 0 Å². The zero-order valence-corrected chi connectivity index (χ0v) is 11.2. The second-order valence-corrected chi connectivity index (χ2v) is 4.61. The maximum absolute atomic E-state index is 11.7. The molecule has 21 heavy (non-hydrogen) atoms. The highest BCUT2D eigenvalue weighted by atomic mass is 16.6. The van der Waals surface area contributed by atoms with E-state index in [1.165, 1.54) is 24.3 Å². The van der Waals surface area contributed by atoms with E-state index in [1.807, 2.05) is 0 Å². The normalized spacial score (nSPS) is 17.2. The van der Waals surface area contributed by atoms with E-state index in [1.54, 1.807) is 0 Å². The molecular formula is C13H15N3O5. The van der Waals surface area contributed by atoms with Crippen LogP contribution in [0.2, 0.25) is 0 Å². The standard InChI is InChI=1S/C13H15N3O5/c17-12(14-8-11-5-2-6-21-11)13(18)15-9-3-1-4-10(7-9)16(19)20/h1,3-4,7,11H,2,5-6,8H2,(H,14,17)(H,15,18)/t11-/m1/s1. The van der Waals surface area contributed by atoms with E-state index in [9.17, 15) is 19.7 Å². The van der Waals surface area contributed by atoms with Gasteiger partial charge >= 0.3 is 11.8 Å². The van der Waals surface area contributed by atoms with Gasteiger partial charge in [-0.3, -0.25) is 19.7 Å². The Morgan fingerprint density at radius 2 is 2.19 bits per heavy atom. The molecule has 0 radical (unpaired) electrons. The second kappa shape index (κ2) is 6.80. The molecule has 0 aromatic heterocycles. The predicted octanol–water partition coefficient (Wildman–Crippen LogP) is 0.828. The summed E-state index contributed by atoms with van der Waals surface area (Å²) in [5.41, 5.74) is 0.0361. The molecule has 8 heteroatoms. The second-order valence-electron chi connectivity index (χ2n) is 4.61. The van der Waals surface area contributed by atoms with Crippen molar-refractivity contribution in [3.05, 3.63) is 34.4 Å². The van der Waals surface area contributed by atoms with Gasteiger partial charge in [0.25, 0.3) is 5.69 Å². The summed E-state index contributed by atoms with van der Waals surface area (Å²) in [6.07, 6.45) is 1.74. The molecule has 0 spiro atoms. The maximum Gasteiger partial charge on any atom is 0.313 e. The Morgan fingerprint density at radius 1 is 1.38 bits per heavy atom. The fourth-order valence-corrected chi connectivity index (χ4v) is 1.98. The van der Waals surface area contributed by atoms with Crippen molar-refractivity contribution in [3.63, 3.8) is 0 Å². The van der Waals surface area contributed by atoms with Crippen molar-refractivity contribution in [2.24, 2.45) is 0 Å². The molecule has 112 valence electrons. The number of non-ortho nitro benzene ring substituents is 1. The number of nitrogens with one attached hydrogen (secondary N) is 2. The third-order valence-corrected chi connectivity index (χ3v) is 3.04. The molecule has 1 atom stereocenters. The van der Waals surface area contributed by atoms with Gasteiger partial charge in [0.2, 0.25) is 0 Å². The molecule has 1 aliphatic heterocycles. The topological polar surface area (TPSA) is 111 Å². The molecule has 8 nitrogen and oxygen atoms in total. The molecule has 1 aromatic carbocycles. The third-order valence-electron chi connectivity index (χ3n) is 3.04. The van der Waals surface area contributed by atoms with Gasteiger partial charge < -0.3 is 15.4 Å². The highest BCUT2D eigenvalue weighted by Gasteiger charge is 2.19. The van der Waals surface area contributed by atoms with Gasteiger partial charge in [-0.05, 0) is 18.9 Å². The van der Waals surface area contributed by atoms with E-state index in [4.69, 9.17) is 4.74 Å². The SMILES string of the molecule is O=C(NC[C@H]1CCCO1)C(=O)Nc1cccc([N+](=O)[O-])c1. The van der Waals surface area contributed by atoms with E-state index >= 15 is 0 Å². The molecule has 0 bridgehead atoms. The Hall–Kier alpha value is -2.48. The number of ether oxygens (including phenoxy) is 1. The number of carbonyl (C=O) groups excluding carboxylic acids is 2. The van der Waals surface area contributed by atoms with Crippen molar-refractivity contribution in [1.82, 2.24) is 5.32 Å². The lowest BCUT2D eigenvalue weighted by atomic mass is 10.2. The largest absolute Gasteiger partial charge is 0.376 e. The van der Waals surface area contributed by atoms with Crippen molar-refractivity contribution in [2.75, 3.05) is 18.5 Å². The molecule has 0 aliphatic carbocycles. The number of nitro benzene ring substituents is 1. The number of anilines is 1. The van der Waals surface area contributed by atoms with Crippen LogP contribution in [0.5, 0.6) is 0 Å². The van der Waals surface area contributed by atoms with Crippen molar-refractivity contribution in [1.29, 1.82) is 0 Å². The minimum Gasteiger partial charge on any atom is -0.376 e. The summed E-state index contributed by atoms with van der Waals surface area (Å²) in [6, 6.07) is 5.38. The zero-order chi connectivity index (χ0) is 15.2. The van der Waals surface area contributed by atoms with Gasteiger partial charge in [0.05, 0.1) is 11.0 Å². The summed E-state index contributed by atoms with van der Waals surface area (Å²) < 4.78 is 5.32. The number of hydrogen-bond donors (Lipinski definition) is 2. The van der Waals surface area contributed by atoms with Crippen LogP contribution >= 0.6 is 0 Å². The smallest absolute Gasteiger partial charge is 0.313 e. The van der Waals surface area contributed by atoms with Crippen LogP contribution in [0, 0.1) is 10.1 Å². The Balaban J connectivity index is 1.86. The predicted molar refractivity (Wildman–Crippen MR) is 73.7 cm³/mol. The Kier molecular flexibility index (Phi) is 4.83. The van der Waals surface area contributed by atoms with E-state index in [2.05, 4.69) is 10.6 Å². The van der Waals surface area contributed by atoms with Crippen LogP contribution in [0.3, 0.4) is 0 Å². The molecule has 2 N–H and O–H groups in total. The van der Waals surface area contributed by atoms with Crippen LogP contribution in [-0.2, 0) is 14.3 Å². The summed E-state index contributed by atoms with van der Waals surface area (Å²) in [4.78, 5) is 33.3. The molecule has 1 aliphatic rings. The average Bonchev–Trinajstić information content (AvgIpc) is 2.98. The summed E-state index contributed by atoms with van der Waals surface area (Å²) in [7, 11) is 0. The zero-order valence-electron chi connectivity index (χ0n) is 11.2. The highest BCUT2D eigenvalue weighted by molar-refractivity contribution is 6.39. The Bertz CT molecular complexity index is 554. The van der Waals surface area contributed by atoms with E-state index in [0.717, 1.165) is 12.8 Å². The first-order valence-corrected chi connectivity index (χ1v) is 6.51. The van der Waals surface area contributed by atoms with Crippen LogP contribution in [-0.4, -0.2) is 36.0 Å². The molecule has 0 saturated carbocycles. The van der Waals surface area contributed by atoms with Gasteiger partial charge in [-0.2, -0.15) is 0 Å². The van der Waals surface area contributed by atoms with Gasteiger partial charge in [0.1, 0.15) is 0 Å². The lowest BCUT2D eigenvalue weighted by Crippen LogP contribution is -2.39. The monoisotopic (exact) mass is 293 g/mol. The van der Waals surface area contributed by atoms with Crippen LogP contribution in [0.15, 0.2) is 24.3 Å². The molecule has 2 rings (SSSR count). The molecule has 1 aromatic rings. The van der Waals surface area contributed by atoms with Crippen LogP contribution in [0.1, 0.15) is 12.8 Å². The van der Waals surface area contributed by atoms with Crippen LogP contribution in [0.4, 0.5) is 11.4 Å². The molecule has 1 heterocycles. The first-order chi connectivity index (χ1) is 10.1. The highest BCUT2D eigenvalue weighted by Crippen LogP contribution is 2.16.